The van der Waals surface area contributed by atoms with Crippen molar-refractivity contribution in [3.05, 3.63) is 65.5 Å². The van der Waals surface area contributed by atoms with Crippen molar-refractivity contribution < 1.29 is 4.79 Å². The van der Waals surface area contributed by atoms with Crippen LogP contribution in [0.3, 0.4) is 0 Å². The van der Waals surface area contributed by atoms with Gasteiger partial charge in [0.05, 0.1) is 18.3 Å². The van der Waals surface area contributed by atoms with E-state index < -0.39 is 6.04 Å². The van der Waals surface area contributed by atoms with Crippen molar-refractivity contribution in [1.82, 2.24) is 10.3 Å². The van der Waals surface area contributed by atoms with Gasteiger partial charge in [-0.25, -0.2) is 0 Å². The quantitative estimate of drug-likeness (QED) is 0.851. The largest absolute Gasteiger partial charge is 0.349 e. The molecule has 0 radical (unpaired) electrons. The molecule has 1 aromatic heterocycles. The molecule has 21 heavy (non-hydrogen) atoms. The van der Waals surface area contributed by atoms with Crippen LogP contribution in [0.5, 0.6) is 0 Å². The maximum absolute atomic E-state index is 12.0. The Labute approximate surface area is 125 Å². The van der Waals surface area contributed by atoms with Crippen LogP contribution < -0.4 is 11.1 Å². The maximum Gasteiger partial charge on any atom is 0.237 e. The summed E-state index contributed by atoms with van der Waals surface area (Å²) < 4.78 is 0. The number of carbonyl (C=O) groups excluding carboxylic acids is 1. The number of pyridine rings is 1. The summed E-state index contributed by atoms with van der Waals surface area (Å²) in [4.78, 5) is 16.3. The summed E-state index contributed by atoms with van der Waals surface area (Å²) in [5, 5.41) is 2.84. The van der Waals surface area contributed by atoms with Gasteiger partial charge in [-0.3, -0.25) is 9.78 Å². The Balaban J connectivity index is 1.77. The molecule has 2 aromatic rings. The average Bonchev–Trinajstić information content (AvgIpc) is 2.51. The third-order valence-corrected chi connectivity index (χ3v) is 3.31. The Bertz CT molecular complexity index is 584. The Kier molecular flexibility index (Phi) is 5.46. The first-order valence-corrected chi connectivity index (χ1v) is 7.15. The first kappa shape index (κ1) is 15.2. The summed E-state index contributed by atoms with van der Waals surface area (Å²) in [6.07, 6.45) is 1.44. The summed E-state index contributed by atoms with van der Waals surface area (Å²) in [5.41, 5.74) is 8.91. The fourth-order valence-electron chi connectivity index (χ4n) is 2.10. The molecule has 3 N–H and O–H groups in total. The monoisotopic (exact) mass is 283 g/mol. The second kappa shape index (κ2) is 7.55. The standard InChI is InChI=1S/C17H21N3O/c1-13-6-5-9-15(20-13)12-19-17(21)16(18)11-10-14-7-3-2-4-8-14/h2-9,16H,10-12,18H2,1H3,(H,19,21). The molecular weight excluding hydrogens is 262 g/mol. The Morgan fingerprint density at radius 1 is 1.19 bits per heavy atom. The van der Waals surface area contributed by atoms with Gasteiger partial charge >= 0.3 is 0 Å². The van der Waals surface area contributed by atoms with Gasteiger partial charge in [-0.05, 0) is 37.5 Å². The lowest BCUT2D eigenvalue weighted by molar-refractivity contribution is -0.122. The molecule has 0 fully saturated rings. The van der Waals surface area contributed by atoms with Crippen molar-refractivity contribution in [2.75, 3.05) is 0 Å². The second-order valence-electron chi connectivity index (χ2n) is 5.12. The van der Waals surface area contributed by atoms with Gasteiger partial charge in [0.2, 0.25) is 5.91 Å². The number of hydrogen-bond donors (Lipinski definition) is 2. The number of nitrogens with one attached hydrogen (secondary N) is 1. The number of nitrogens with two attached hydrogens (primary N) is 1. The lowest BCUT2D eigenvalue weighted by atomic mass is 10.1. The predicted molar refractivity (Wildman–Crippen MR) is 83.6 cm³/mol. The van der Waals surface area contributed by atoms with Gasteiger partial charge in [-0.2, -0.15) is 0 Å². The summed E-state index contributed by atoms with van der Waals surface area (Å²) in [6, 6.07) is 15.3. The molecule has 110 valence electrons. The summed E-state index contributed by atoms with van der Waals surface area (Å²) in [6.45, 7) is 2.34. The molecule has 0 aliphatic rings. The average molecular weight is 283 g/mol. The van der Waals surface area contributed by atoms with Gasteiger partial charge in [0.15, 0.2) is 0 Å². The first-order valence-electron chi connectivity index (χ1n) is 7.15. The molecule has 1 amide bonds. The number of benzene rings is 1. The van der Waals surface area contributed by atoms with Gasteiger partial charge in [0.25, 0.3) is 0 Å². The molecule has 0 saturated heterocycles. The van der Waals surface area contributed by atoms with Gasteiger partial charge in [-0.15, -0.1) is 0 Å². The summed E-state index contributed by atoms with van der Waals surface area (Å²) in [5.74, 6) is -0.130. The van der Waals surface area contributed by atoms with E-state index in [9.17, 15) is 4.79 Å². The number of carbonyl (C=O) groups is 1. The zero-order valence-electron chi connectivity index (χ0n) is 12.3. The summed E-state index contributed by atoms with van der Waals surface area (Å²) in [7, 11) is 0. The van der Waals surface area contributed by atoms with E-state index in [0.29, 0.717) is 13.0 Å². The number of hydrogen-bond acceptors (Lipinski definition) is 3. The molecule has 4 heteroatoms. The van der Waals surface area contributed by atoms with Crippen LogP contribution in [0.2, 0.25) is 0 Å². The molecule has 0 aliphatic heterocycles. The zero-order valence-corrected chi connectivity index (χ0v) is 12.3. The lowest BCUT2D eigenvalue weighted by Crippen LogP contribution is -2.40. The first-order chi connectivity index (χ1) is 10.1. The molecule has 1 aromatic carbocycles. The highest BCUT2D eigenvalue weighted by atomic mass is 16.2. The Morgan fingerprint density at radius 2 is 1.95 bits per heavy atom. The molecular formula is C17H21N3O. The third-order valence-electron chi connectivity index (χ3n) is 3.31. The minimum atomic E-state index is -0.491. The molecule has 1 heterocycles. The number of nitrogens with zero attached hydrogens (tertiary/aromatic N) is 1. The Hall–Kier alpha value is -2.20. The predicted octanol–water partition coefficient (Wildman–Crippen LogP) is 1.97. The van der Waals surface area contributed by atoms with Crippen LogP contribution in [-0.4, -0.2) is 16.9 Å². The molecule has 0 spiro atoms. The number of rotatable bonds is 6. The third kappa shape index (κ3) is 5.00. The van der Waals surface area contributed by atoms with Crippen LogP contribution in [0.25, 0.3) is 0 Å². The second-order valence-corrected chi connectivity index (χ2v) is 5.12. The number of aryl methyl sites for hydroxylation is 2. The van der Waals surface area contributed by atoms with E-state index in [2.05, 4.69) is 10.3 Å². The number of amides is 1. The van der Waals surface area contributed by atoms with Gasteiger partial charge in [0, 0.05) is 5.69 Å². The van der Waals surface area contributed by atoms with Crippen molar-refractivity contribution in [3.8, 4) is 0 Å². The van der Waals surface area contributed by atoms with Crippen LogP contribution in [0.4, 0.5) is 0 Å². The van der Waals surface area contributed by atoms with Crippen molar-refractivity contribution >= 4 is 5.91 Å². The van der Waals surface area contributed by atoms with Crippen molar-refractivity contribution in [1.29, 1.82) is 0 Å². The minimum absolute atomic E-state index is 0.130. The van der Waals surface area contributed by atoms with Crippen molar-refractivity contribution in [2.24, 2.45) is 5.73 Å². The fraction of sp³-hybridized carbons (Fsp3) is 0.294. The molecule has 1 atom stereocenters. The van der Waals surface area contributed by atoms with Crippen LogP contribution >= 0.6 is 0 Å². The summed E-state index contributed by atoms with van der Waals surface area (Å²) >= 11 is 0. The van der Waals surface area contributed by atoms with Crippen LogP contribution in [0, 0.1) is 6.92 Å². The van der Waals surface area contributed by atoms with Crippen LogP contribution in [-0.2, 0) is 17.8 Å². The van der Waals surface area contributed by atoms with E-state index >= 15 is 0 Å². The number of aromatic nitrogens is 1. The van der Waals surface area contributed by atoms with Crippen LogP contribution in [0.15, 0.2) is 48.5 Å². The zero-order chi connectivity index (χ0) is 15.1. The van der Waals surface area contributed by atoms with E-state index in [1.807, 2.05) is 55.5 Å². The lowest BCUT2D eigenvalue weighted by Gasteiger charge is -2.12. The highest BCUT2D eigenvalue weighted by molar-refractivity contribution is 5.81. The SMILES string of the molecule is Cc1cccc(CNC(=O)C(N)CCc2ccccc2)n1. The molecule has 0 saturated carbocycles. The molecule has 0 aliphatic carbocycles. The van der Waals surface area contributed by atoms with E-state index in [1.54, 1.807) is 0 Å². The van der Waals surface area contributed by atoms with Gasteiger partial charge < -0.3 is 11.1 Å². The molecule has 0 bridgehead atoms. The van der Waals surface area contributed by atoms with E-state index in [1.165, 1.54) is 5.56 Å². The van der Waals surface area contributed by atoms with Gasteiger partial charge in [0.1, 0.15) is 0 Å². The maximum atomic E-state index is 12.0. The van der Waals surface area contributed by atoms with Crippen molar-refractivity contribution in [2.45, 2.75) is 32.4 Å². The Morgan fingerprint density at radius 3 is 2.67 bits per heavy atom. The highest BCUT2D eigenvalue weighted by Crippen LogP contribution is 2.04. The molecule has 1 unspecified atom stereocenters. The highest BCUT2D eigenvalue weighted by Gasteiger charge is 2.13. The van der Waals surface area contributed by atoms with E-state index in [0.717, 1.165) is 17.8 Å². The molecule has 2 rings (SSSR count). The van der Waals surface area contributed by atoms with Gasteiger partial charge in [-0.1, -0.05) is 36.4 Å². The normalized spacial score (nSPS) is 11.9. The topological polar surface area (TPSA) is 68.0 Å². The van der Waals surface area contributed by atoms with Crippen LogP contribution in [0.1, 0.15) is 23.4 Å². The van der Waals surface area contributed by atoms with Crippen molar-refractivity contribution in [3.63, 3.8) is 0 Å². The van der Waals surface area contributed by atoms with E-state index in [-0.39, 0.29) is 5.91 Å². The van der Waals surface area contributed by atoms with E-state index in [4.69, 9.17) is 5.73 Å². The molecule has 4 nitrogen and oxygen atoms in total. The minimum Gasteiger partial charge on any atom is -0.349 e. The smallest absolute Gasteiger partial charge is 0.237 e. The fourth-order valence-corrected chi connectivity index (χ4v) is 2.10.